The highest BCUT2D eigenvalue weighted by atomic mass is 35.5. The van der Waals surface area contributed by atoms with Gasteiger partial charge in [0.2, 0.25) is 0 Å². The summed E-state index contributed by atoms with van der Waals surface area (Å²) in [6, 6.07) is 5.79. The zero-order valence-electron chi connectivity index (χ0n) is 8.10. The van der Waals surface area contributed by atoms with Crippen LogP contribution in [0, 0.1) is 0 Å². The van der Waals surface area contributed by atoms with E-state index in [2.05, 4.69) is 6.58 Å². The van der Waals surface area contributed by atoms with Crippen molar-refractivity contribution in [2.24, 2.45) is 0 Å². The van der Waals surface area contributed by atoms with Crippen LogP contribution in [-0.4, -0.2) is 0 Å². The monoisotopic (exact) mass is 228 g/mol. The summed E-state index contributed by atoms with van der Waals surface area (Å²) in [5, 5.41) is 1.35. The van der Waals surface area contributed by atoms with E-state index in [-0.39, 0.29) is 0 Å². The molecule has 0 atom stereocenters. The zero-order chi connectivity index (χ0) is 10.4. The molecule has 1 aromatic rings. The Bertz CT molecular complexity index is 305. The zero-order valence-corrected chi connectivity index (χ0v) is 9.61. The molecular weight excluding hydrogens is 215 g/mol. The van der Waals surface area contributed by atoms with Crippen molar-refractivity contribution in [3.63, 3.8) is 0 Å². The summed E-state index contributed by atoms with van der Waals surface area (Å²) in [4.78, 5) is 0. The van der Waals surface area contributed by atoms with Crippen molar-refractivity contribution in [3.8, 4) is 0 Å². The molecule has 0 saturated carbocycles. The van der Waals surface area contributed by atoms with E-state index in [0.29, 0.717) is 10.0 Å². The van der Waals surface area contributed by atoms with Crippen LogP contribution in [0.2, 0.25) is 10.0 Å². The van der Waals surface area contributed by atoms with Crippen molar-refractivity contribution in [3.05, 3.63) is 46.5 Å². The van der Waals surface area contributed by atoms with Gasteiger partial charge in [0.25, 0.3) is 0 Å². The van der Waals surface area contributed by atoms with Gasteiger partial charge in [-0.15, -0.1) is 6.58 Å². The maximum absolute atomic E-state index is 6.05. The van der Waals surface area contributed by atoms with Crippen molar-refractivity contribution in [2.45, 2.75) is 25.7 Å². The third kappa shape index (κ3) is 3.36. The van der Waals surface area contributed by atoms with Crippen LogP contribution in [0.5, 0.6) is 0 Å². The molecule has 0 nitrogen and oxygen atoms in total. The Morgan fingerprint density at radius 3 is 2.71 bits per heavy atom. The summed E-state index contributed by atoms with van der Waals surface area (Å²) < 4.78 is 0. The normalized spacial score (nSPS) is 10.1. The molecule has 0 aliphatic rings. The van der Waals surface area contributed by atoms with E-state index in [0.717, 1.165) is 31.2 Å². The number of allylic oxidation sites excluding steroid dienone is 1. The quantitative estimate of drug-likeness (QED) is 0.498. The maximum Gasteiger partial charge on any atom is 0.0624 e. The molecule has 0 spiro atoms. The molecular formula is C12H14Cl2. The molecule has 0 heterocycles. The number of hydrogen-bond acceptors (Lipinski definition) is 0. The molecule has 0 saturated heterocycles. The molecule has 0 radical (unpaired) electrons. The summed E-state index contributed by atoms with van der Waals surface area (Å²) in [6.45, 7) is 3.69. The molecule has 0 amide bonds. The summed E-state index contributed by atoms with van der Waals surface area (Å²) in [5.74, 6) is 0. The smallest absolute Gasteiger partial charge is 0.0624 e. The average Bonchev–Trinajstić information content (AvgIpc) is 2.19. The molecule has 1 aromatic carbocycles. The fourth-order valence-electron chi connectivity index (χ4n) is 1.35. The highest BCUT2D eigenvalue weighted by Crippen LogP contribution is 2.26. The first kappa shape index (κ1) is 11.6. The molecule has 0 aromatic heterocycles. The SMILES string of the molecule is C=CCCCCc1cccc(Cl)c1Cl. The number of unbranched alkanes of at least 4 members (excludes halogenated alkanes) is 2. The van der Waals surface area contributed by atoms with Gasteiger partial charge in [-0.3, -0.25) is 0 Å². The molecule has 1 rings (SSSR count). The van der Waals surface area contributed by atoms with E-state index in [1.807, 2.05) is 24.3 Å². The van der Waals surface area contributed by atoms with E-state index < -0.39 is 0 Å². The van der Waals surface area contributed by atoms with Gasteiger partial charge in [0, 0.05) is 0 Å². The van der Waals surface area contributed by atoms with E-state index in [1.54, 1.807) is 0 Å². The van der Waals surface area contributed by atoms with E-state index in [1.165, 1.54) is 0 Å². The van der Waals surface area contributed by atoms with Crippen LogP contribution in [0.15, 0.2) is 30.9 Å². The van der Waals surface area contributed by atoms with E-state index in [9.17, 15) is 0 Å². The fraction of sp³-hybridized carbons (Fsp3) is 0.333. The second-order valence-electron chi connectivity index (χ2n) is 3.25. The van der Waals surface area contributed by atoms with E-state index in [4.69, 9.17) is 23.2 Å². The van der Waals surface area contributed by atoms with Crippen molar-refractivity contribution >= 4 is 23.2 Å². The highest BCUT2D eigenvalue weighted by molar-refractivity contribution is 6.42. The summed E-state index contributed by atoms with van der Waals surface area (Å²) >= 11 is 12.0. The van der Waals surface area contributed by atoms with Gasteiger partial charge in [0.15, 0.2) is 0 Å². The van der Waals surface area contributed by atoms with Crippen molar-refractivity contribution in [2.75, 3.05) is 0 Å². The summed E-state index contributed by atoms with van der Waals surface area (Å²) in [7, 11) is 0. The summed E-state index contributed by atoms with van der Waals surface area (Å²) in [5.41, 5.74) is 1.14. The molecule has 14 heavy (non-hydrogen) atoms. The Labute approximate surface area is 95.5 Å². The largest absolute Gasteiger partial charge is 0.103 e. The van der Waals surface area contributed by atoms with Crippen molar-refractivity contribution < 1.29 is 0 Å². The minimum Gasteiger partial charge on any atom is -0.103 e. The van der Waals surface area contributed by atoms with Gasteiger partial charge < -0.3 is 0 Å². The first-order chi connectivity index (χ1) is 6.75. The van der Waals surface area contributed by atoms with Crippen LogP contribution >= 0.6 is 23.2 Å². The highest BCUT2D eigenvalue weighted by Gasteiger charge is 2.02. The molecule has 0 aliphatic carbocycles. The number of hydrogen-bond donors (Lipinski definition) is 0. The fourth-order valence-corrected chi connectivity index (χ4v) is 1.76. The second-order valence-corrected chi connectivity index (χ2v) is 4.03. The minimum absolute atomic E-state index is 0.646. The molecule has 0 aliphatic heterocycles. The first-order valence-electron chi connectivity index (χ1n) is 4.79. The Balaban J connectivity index is 2.50. The standard InChI is InChI=1S/C12H14Cl2/c1-2-3-4-5-7-10-8-6-9-11(13)12(10)14/h2,6,8-9H,1,3-5,7H2. The summed E-state index contributed by atoms with van der Waals surface area (Å²) in [6.07, 6.45) is 6.30. The lowest BCUT2D eigenvalue weighted by Gasteiger charge is -2.04. The van der Waals surface area contributed by atoms with Gasteiger partial charge in [0.1, 0.15) is 0 Å². The van der Waals surface area contributed by atoms with Gasteiger partial charge in [-0.2, -0.15) is 0 Å². The van der Waals surface area contributed by atoms with Crippen LogP contribution in [0.4, 0.5) is 0 Å². The first-order valence-corrected chi connectivity index (χ1v) is 5.55. The number of benzene rings is 1. The van der Waals surface area contributed by atoms with Gasteiger partial charge in [-0.05, 0) is 37.3 Å². The average molecular weight is 229 g/mol. The van der Waals surface area contributed by atoms with Gasteiger partial charge >= 0.3 is 0 Å². The van der Waals surface area contributed by atoms with Crippen LogP contribution < -0.4 is 0 Å². The molecule has 76 valence electrons. The topological polar surface area (TPSA) is 0 Å². The van der Waals surface area contributed by atoms with Gasteiger partial charge in [-0.1, -0.05) is 41.4 Å². The predicted octanol–water partition coefficient (Wildman–Crippen LogP) is 4.89. The molecule has 0 bridgehead atoms. The minimum atomic E-state index is 0.646. The lowest BCUT2D eigenvalue weighted by Crippen LogP contribution is -1.87. The lowest BCUT2D eigenvalue weighted by atomic mass is 10.1. The molecule has 2 heteroatoms. The molecule has 0 fully saturated rings. The third-order valence-corrected chi connectivity index (χ3v) is 2.99. The van der Waals surface area contributed by atoms with Crippen LogP contribution in [0.3, 0.4) is 0 Å². The number of halogens is 2. The maximum atomic E-state index is 6.05. The Hall–Kier alpha value is -0.460. The number of aryl methyl sites for hydroxylation is 1. The van der Waals surface area contributed by atoms with Crippen molar-refractivity contribution in [1.82, 2.24) is 0 Å². The molecule has 0 N–H and O–H groups in total. The lowest BCUT2D eigenvalue weighted by molar-refractivity contribution is 0.748. The van der Waals surface area contributed by atoms with Gasteiger partial charge in [0.05, 0.1) is 10.0 Å². The van der Waals surface area contributed by atoms with Crippen LogP contribution in [0.1, 0.15) is 24.8 Å². The van der Waals surface area contributed by atoms with Crippen LogP contribution in [-0.2, 0) is 6.42 Å². The molecule has 0 unspecified atom stereocenters. The second kappa shape index (κ2) is 6.10. The Morgan fingerprint density at radius 1 is 1.21 bits per heavy atom. The van der Waals surface area contributed by atoms with E-state index >= 15 is 0 Å². The Morgan fingerprint density at radius 2 is 2.00 bits per heavy atom. The Kier molecular flexibility index (Phi) is 5.06. The van der Waals surface area contributed by atoms with Gasteiger partial charge in [-0.25, -0.2) is 0 Å². The van der Waals surface area contributed by atoms with Crippen LogP contribution in [0.25, 0.3) is 0 Å². The third-order valence-electron chi connectivity index (χ3n) is 2.14. The number of rotatable bonds is 5. The van der Waals surface area contributed by atoms with Crippen molar-refractivity contribution in [1.29, 1.82) is 0 Å². The predicted molar refractivity (Wildman–Crippen MR) is 64.2 cm³/mol.